The molecule has 2 rings (SSSR count). The summed E-state index contributed by atoms with van der Waals surface area (Å²) in [6.45, 7) is 5.34. The third-order valence-electron chi connectivity index (χ3n) is 4.36. The molecule has 1 aliphatic carbocycles. The molecule has 0 spiro atoms. The van der Waals surface area contributed by atoms with Crippen molar-refractivity contribution in [2.75, 3.05) is 0 Å². The summed E-state index contributed by atoms with van der Waals surface area (Å²) in [5, 5.41) is 0. The van der Waals surface area contributed by atoms with Gasteiger partial charge in [-0.3, -0.25) is 0 Å². The number of nitrogens with two attached hydrogens (primary N) is 1. The van der Waals surface area contributed by atoms with Crippen molar-refractivity contribution in [2.24, 2.45) is 11.7 Å². The number of aromatic nitrogens is 1. The first-order valence-corrected chi connectivity index (χ1v) is 9.37. The average Bonchev–Trinajstić information content (AvgIpc) is 2.86. The molecule has 0 bridgehead atoms. The van der Waals surface area contributed by atoms with E-state index in [0.29, 0.717) is 17.4 Å². The Balaban J connectivity index is 2.18. The molecule has 0 amide bonds. The van der Waals surface area contributed by atoms with Crippen LogP contribution in [0.4, 0.5) is 0 Å². The van der Waals surface area contributed by atoms with Gasteiger partial charge in [0.2, 0.25) is 10.0 Å². The molecule has 21 heavy (non-hydrogen) atoms. The van der Waals surface area contributed by atoms with Crippen LogP contribution in [0.2, 0.25) is 0 Å². The van der Waals surface area contributed by atoms with Crippen LogP contribution in [0.1, 0.15) is 51.6 Å². The number of aryl methyl sites for hydroxylation is 1. The number of nitrogens with one attached hydrogen (secondary N) is 1. The lowest BCUT2D eigenvalue weighted by Gasteiger charge is -2.29. The first kappa shape index (κ1) is 16.5. The molecule has 0 saturated heterocycles. The number of sulfonamides is 1. The molecule has 1 aliphatic rings. The average molecular weight is 313 g/mol. The van der Waals surface area contributed by atoms with Crippen molar-refractivity contribution in [1.29, 1.82) is 0 Å². The summed E-state index contributed by atoms with van der Waals surface area (Å²) in [5.74, 6) is 0.403. The number of nitrogens with zero attached hydrogens (tertiary/aromatic N) is 1. The lowest BCUT2D eigenvalue weighted by atomic mass is 9.87. The van der Waals surface area contributed by atoms with Gasteiger partial charge in [0.1, 0.15) is 0 Å². The first-order valence-electron chi connectivity index (χ1n) is 7.89. The Morgan fingerprint density at radius 1 is 1.38 bits per heavy atom. The zero-order valence-electron chi connectivity index (χ0n) is 13.0. The van der Waals surface area contributed by atoms with E-state index in [1.165, 1.54) is 6.42 Å². The predicted molar refractivity (Wildman–Crippen MR) is 84.4 cm³/mol. The fourth-order valence-electron chi connectivity index (χ4n) is 3.05. The molecule has 0 aliphatic heterocycles. The predicted octanol–water partition coefficient (Wildman–Crippen LogP) is 2.21. The maximum absolute atomic E-state index is 12.6. The normalized spacial score (nSPS) is 23.4. The van der Waals surface area contributed by atoms with Gasteiger partial charge in [-0.25, -0.2) is 13.1 Å². The van der Waals surface area contributed by atoms with Crippen molar-refractivity contribution in [1.82, 2.24) is 9.29 Å². The smallest absolute Gasteiger partial charge is 0.242 e. The van der Waals surface area contributed by atoms with Crippen molar-refractivity contribution >= 4 is 10.0 Å². The first-order chi connectivity index (χ1) is 9.97. The highest BCUT2D eigenvalue weighted by atomic mass is 32.2. The quantitative estimate of drug-likeness (QED) is 0.845. The van der Waals surface area contributed by atoms with E-state index in [4.69, 9.17) is 5.73 Å². The van der Waals surface area contributed by atoms with Crippen molar-refractivity contribution in [3.8, 4) is 0 Å². The van der Waals surface area contributed by atoms with Gasteiger partial charge in [-0.2, -0.15) is 0 Å². The second-order valence-electron chi connectivity index (χ2n) is 6.05. The summed E-state index contributed by atoms with van der Waals surface area (Å²) in [6, 6.07) is 1.76. The lowest BCUT2D eigenvalue weighted by Crippen LogP contribution is -2.40. The molecule has 2 unspecified atom stereocenters. The van der Waals surface area contributed by atoms with Crippen LogP contribution in [-0.4, -0.2) is 19.0 Å². The summed E-state index contributed by atoms with van der Waals surface area (Å²) in [5.41, 5.74) is 6.58. The second-order valence-corrected chi connectivity index (χ2v) is 7.77. The standard InChI is InChI=1S/C15H27N3O2S/c1-3-8-18-11-14(9-13(18)10-16)21(19,20)17-15-7-5-4-6-12(15)2/h9,11-12,15,17H,3-8,10,16H2,1-2H3. The largest absolute Gasteiger partial charge is 0.349 e. The number of hydrogen-bond donors (Lipinski definition) is 2. The maximum atomic E-state index is 12.6. The van der Waals surface area contributed by atoms with Gasteiger partial charge in [0.15, 0.2) is 0 Å². The van der Waals surface area contributed by atoms with Crippen LogP contribution in [0.5, 0.6) is 0 Å². The molecule has 120 valence electrons. The Bertz CT molecular complexity index is 565. The molecule has 0 aromatic carbocycles. The Morgan fingerprint density at radius 3 is 2.71 bits per heavy atom. The molecule has 1 heterocycles. The van der Waals surface area contributed by atoms with E-state index in [1.807, 2.05) is 4.57 Å². The molecule has 6 heteroatoms. The summed E-state index contributed by atoms with van der Waals surface area (Å²) in [7, 11) is -3.45. The van der Waals surface area contributed by atoms with E-state index in [0.717, 1.165) is 37.9 Å². The van der Waals surface area contributed by atoms with Crippen LogP contribution in [-0.2, 0) is 23.1 Å². The van der Waals surface area contributed by atoms with Crippen LogP contribution in [0, 0.1) is 5.92 Å². The van der Waals surface area contributed by atoms with Crippen molar-refractivity contribution in [3.63, 3.8) is 0 Å². The molecule has 0 radical (unpaired) electrons. The Kier molecular flexibility index (Phi) is 5.46. The van der Waals surface area contributed by atoms with Crippen LogP contribution in [0.25, 0.3) is 0 Å². The minimum Gasteiger partial charge on any atom is -0.349 e. The van der Waals surface area contributed by atoms with E-state index in [2.05, 4.69) is 18.6 Å². The van der Waals surface area contributed by atoms with Gasteiger partial charge in [-0.05, 0) is 31.2 Å². The van der Waals surface area contributed by atoms with Gasteiger partial charge in [0.05, 0.1) is 4.90 Å². The fraction of sp³-hybridized carbons (Fsp3) is 0.733. The fourth-order valence-corrected chi connectivity index (χ4v) is 4.49. The Labute approximate surface area is 128 Å². The van der Waals surface area contributed by atoms with Gasteiger partial charge in [-0.1, -0.05) is 26.7 Å². The topological polar surface area (TPSA) is 77.1 Å². The number of hydrogen-bond acceptors (Lipinski definition) is 3. The van der Waals surface area contributed by atoms with Crippen LogP contribution in [0.15, 0.2) is 17.2 Å². The molecule has 1 saturated carbocycles. The minimum absolute atomic E-state index is 0.0552. The van der Waals surface area contributed by atoms with Gasteiger partial charge in [0, 0.05) is 31.0 Å². The Morgan fingerprint density at radius 2 is 2.10 bits per heavy atom. The van der Waals surface area contributed by atoms with E-state index >= 15 is 0 Å². The van der Waals surface area contributed by atoms with Crippen molar-refractivity contribution < 1.29 is 8.42 Å². The van der Waals surface area contributed by atoms with Crippen LogP contribution >= 0.6 is 0 Å². The monoisotopic (exact) mass is 313 g/mol. The zero-order valence-corrected chi connectivity index (χ0v) is 13.8. The Hall–Kier alpha value is -0.850. The zero-order chi connectivity index (χ0) is 15.5. The highest BCUT2D eigenvalue weighted by Gasteiger charge is 2.27. The summed E-state index contributed by atoms with van der Waals surface area (Å²) >= 11 is 0. The lowest BCUT2D eigenvalue weighted by molar-refractivity contribution is 0.310. The van der Waals surface area contributed by atoms with E-state index < -0.39 is 10.0 Å². The maximum Gasteiger partial charge on any atom is 0.242 e. The SMILES string of the molecule is CCCn1cc(S(=O)(=O)NC2CCCCC2C)cc1CN. The van der Waals surface area contributed by atoms with Crippen LogP contribution in [0.3, 0.4) is 0 Å². The third kappa shape index (κ3) is 3.87. The molecule has 3 N–H and O–H groups in total. The minimum atomic E-state index is -3.45. The van der Waals surface area contributed by atoms with E-state index in [-0.39, 0.29) is 6.04 Å². The van der Waals surface area contributed by atoms with Crippen LogP contribution < -0.4 is 10.5 Å². The molecule has 1 fully saturated rings. The molecule has 1 aromatic heterocycles. The van der Waals surface area contributed by atoms with Gasteiger partial charge >= 0.3 is 0 Å². The highest BCUT2D eigenvalue weighted by molar-refractivity contribution is 7.89. The number of rotatable bonds is 6. The van der Waals surface area contributed by atoms with E-state index in [9.17, 15) is 8.42 Å². The highest BCUT2D eigenvalue weighted by Crippen LogP contribution is 2.25. The van der Waals surface area contributed by atoms with Crippen molar-refractivity contribution in [2.45, 2.75) is 70.0 Å². The summed E-state index contributed by atoms with van der Waals surface area (Å²) < 4.78 is 30.0. The molecule has 1 aromatic rings. The summed E-state index contributed by atoms with van der Waals surface area (Å²) in [6.07, 6.45) is 6.99. The molecular formula is C15H27N3O2S. The second kappa shape index (κ2) is 6.94. The van der Waals surface area contributed by atoms with Gasteiger partial charge in [0.25, 0.3) is 0 Å². The molecule has 2 atom stereocenters. The van der Waals surface area contributed by atoms with E-state index in [1.54, 1.807) is 12.3 Å². The van der Waals surface area contributed by atoms with Gasteiger partial charge in [-0.15, -0.1) is 0 Å². The molecule has 5 nitrogen and oxygen atoms in total. The summed E-state index contributed by atoms with van der Waals surface area (Å²) in [4.78, 5) is 0.342. The third-order valence-corrected chi connectivity index (χ3v) is 5.82. The molecular weight excluding hydrogens is 286 g/mol. The van der Waals surface area contributed by atoms with Crippen molar-refractivity contribution in [3.05, 3.63) is 18.0 Å². The van der Waals surface area contributed by atoms with Gasteiger partial charge < -0.3 is 10.3 Å².